The Kier molecular flexibility index (Phi) is 10.6. The number of carbonyl (C=O) groups excluding carboxylic acids is 1. The van der Waals surface area contributed by atoms with E-state index in [9.17, 15) is 4.79 Å². The maximum Gasteiger partial charge on any atom is 0.249 e. The van der Waals surface area contributed by atoms with E-state index in [4.69, 9.17) is 10.5 Å². The van der Waals surface area contributed by atoms with Gasteiger partial charge < -0.3 is 15.8 Å². The molecule has 132 valence electrons. The number of hydrogen-bond acceptors (Lipinski definition) is 4. The van der Waals surface area contributed by atoms with Crippen LogP contribution in [0.1, 0.15) is 46.0 Å². The maximum atomic E-state index is 12.0. The molecule has 0 spiro atoms. The van der Waals surface area contributed by atoms with Crippen molar-refractivity contribution in [2.24, 2.45) is 5.73 Å². The summed E-state index contributed by atoms with van der Waals surface area (Å²) in [6, 6.07) is 1.25. The van der Waals surface area contributed by atoms with Crippen LogP contribution in [0.5, 0.6) is 0 Å². The molecule has 7 heteroatoms. The molecule has 2 fully saturated rings. The van der Waals surface area contributed by atoms with Crippen LogP contribution in [-0.2, 0) is 9.53 Å². The van der Waals surface area contributed by atoms with Crippen molar-refractivity contribution in [3.05, 3.63) is 0 Å². The first-order chi connectivity index (χ1) is 9.61. The molecule has 2 aliphatic rings. The van der Waals surface area contributed by atoms with E-state index in [2.05, 4.69) is 24.1 Å². The van der Waals surface area contributed by atoms with Gasteiger partial charge in [-0.3, -0.25) is 9.69 Å². The molecule has 2 aliphatic heterocycles. The summed E-state index contributed by atoms with van der Waals surface area (Å²) in [6.45, 7) is 6.71. The van der Waals surface area contributed by atoms with Crippen molar-refractivity contribution < 1.29 is 9.53 Å². The topological polar surface area (TPSA) is 67.6 Å². The zero-order valence-corrected chi connectivity index (χ0v) is 15.3. The third kappa shape index (κ3) is 5.85. The van der Waals surface area contributed by atoms with Crippen molar-refractivity contribution in [2.75, 3.05) is 19.6 Å². The van der Waals surface area contributed by atoms with Gasteiger partial charge in [0.2, 0.25) is 5.91 Å². The number of nitrogens with one attached hydrogen (secondary N) is 1. The summed E-state index contributed by atoms with van der Waals surface area (Å²) in [5, 5.41) is 3.01. The predicted octanol–water partition coefficient (Wildman–Crippen LogP) is 1.72. The lowest BCUT2D eigenvalue weighted by Crippen LogP contribution is -2.48. The number of hydrogen-bond donors (Lipinski definition) is 2. The fraction of sp³-hybridized carbons (Fsp3) is 0.933. The van der Waals surface area contributed by atoms with Gasteiger partial charge in [-0.25, -0.2) is 0 Å². The molecule has 0 saturated carbocycles. The van der Waals surface area contributed by atoms with E-state index in [1.165, 1.54) is 19.3 Å². The summed E-state index contributed by atoms with van der Waals surface area (Å²) in [6.07, 6.45) is 5.32. The lowest BCUT2D eigenvalue weighted by Gasteiger charge is -2.39. The molecule has 22 heavy (non-hydrogen) atoms. The summed E-state index contributed by atoms with van der Waals surface area (Å²) in [5.41, 5.74) is 5.56. The molecule has 0 aliphatic carbocycles. The van der Waals surface area contributed by atoms with Crippen molar-refractivity contribution in [2.45, 2.75) is 70.2 Å². The molecule has 5 nitrogen and oxygen atoms in total. The fourth-order valence-corrected chi connectivity index (χ4v) is 3.41. The van der Waals surface area contributed by atoms with E-state index in [1.807, 2.05) is 0 Å². The second kappa shape index (κ2) is 10.7. The first-order valence-electron chi connectivity index (χ1n) is 8.00. The Balaban J connectivity index is 0.00000220. The van der Waals surface area contributed by atoms with Gasteiger partial charge >= 0.3 is 0 Å². The van der Waals surface area contributed by atoms with Crippen LogP contribution in [0, 0.1) is 0 Å². The van der Waals surface area contributed by atoms with E-state index in [0.717, 1.165) is 19.4 Å². The van der Waals surface area contributed by atoms with Gasteiger partial charge in [0, 0.05) is 31.7 Å². The summed E-state index contributed by atoms with van der Waals surface area (Å²) in [7, 11) is 0. The number of carbonyl (C=O) groups is 1. The fourth-order valence-electron chi connectivity index (χ4n) is 3.41. The molecular formula is C15H31Cl2N3O2. The molecule has 0 bridgehead atoms. The number of halogens is 2. The molecule has 2 rings (SSSR count). The van der Waals surface area contributed by atoms with Gasteiger partial charge in [-0.15, -0.1) is 24.8 Å². The lowest BCUT2D eigenvalue weighted by atomic mass is 9.98. The molecule has 2 saturated heterocycles. The largest absolute Gasteiger partial charge is 0.364 e. The van der Waals surface area contributed by atoms with Gasteiger partial charge in [0.05, 0.1) is 6.10 Å². The third-order valence-electron chi connectivity index (χ3n) is 4.71. The number of nitrogens with two attached hydrogens (primary N) is 1. The Hall–Kier alpha value is -0.0700. The number of amides is 1. The molecular weight excluding hydrogens is 325 g/mol. The highest BCUT2D eigenvalue weighted by Gasteiger charge is 2.30. The predicted molar refractivity (Wildman–Crippen MR) is 93.9 cm³/mol. The van der Waals surface area contributed by atoms with Gasteiger partial charge in [-0.05, 0) is 39.5 Å². The molecule has 0 aromatic heterocycles. The minimum Gasteiger partial charge on any atom is -0.364 e. The first kappa shape index (κ1) is 21.9. The molecule has 4 atom stereocenters. The Morgan fingerprint density at radius 1 is 1.18 bits per heavy atom. The van der Waals surface area contributed by atoms with Crippen molar-refractivity contribution in [3.63, 3.8) is 0 Å². The Morgan fingerprint density at radius 3 is 2.36 bits per heavy atom. The number of nitrogens with zero attached hydrogens (tertiary/aromatic N) is 1. The zero-order valence-electron chi connectivity index (χ0n) is 13.6. The average Bonchev–Trinajstić information content (AvgIpc) is 2.91. The van der Waals surface area contributed by atoms with Crippen LogP contribution in [0.25, 0.3) is 0 Å². The van der Waals surface area contributed by atoms with Crippen molar-refractivity contribution >= 4 is 30.7 Å². The van der Waals surface area contributed by atoms with Crippen LogP contribution in [-0.4, -0.2) is 54.7 Å². The van der Waals surface area contributed by atoms with Crippen LogP contribution in [0.2, 0.25) is 0 Å². The van der Waals surface area contributed by atoms with Gasteiger partial charge in [-0.2, -0.15) is 0 Å². The zero-order chi connectivity index (χ0) is 14.5. The lowest BCUT2D eigenvalue weighted by molar-refractivity contribution is -0.131. The van der Waals surface area contributed by atoms with Gasteiger partial charge in [0.1, 0.15) is 6.10 Å². The van der Waals surface area contributed by atoms with Crippen LogP contribution < -0.4 is 11.1 Å². The Labute approximate surface area is 146 Å². The minimum atomic E-state index is -0.292. The average molecular weight is 356 g/mol. The quantitative estimate of drug-likeness (QED) is 0.787. The van der Waals surface area contributed by atoms with Crippen LogP contribution in [0.3, 0.4) is 0 Å². The number of ether oxygens (including phenoxy) is 1. The number of rotatable bonds is 5. The van der Waals surface area contributed by atoms with E-state index in [-0.39, 0.29) is 42.9 Å². The summed E-state index contributed by atoms with van der Waals surface area (Å²) < 4.78 is 5.61. The normalized spacial score (nSPS) is 32.0. The number of piperidine rings is 1. The van der Waals surface area contributed by atoms with Crippen LogP contribution in [0.4, 0.5) is 0 Å². The summed E-state index contributed by atoms with van der Waals surface area (Å²) in [4.78, 5) is 14.5. The number of likely N-dealkylation sites (tertiary alicyclic amines) is 1. The van der Waals surface area contributed by atoms with Crippen LogP contribution >= 0.6 is 24.8 Å². The van der Waals surface area contributed by atoms with Crippen molar-refractivity contribution in [3.8, 4) is 0 Å². The van der Waals surface area contributed by atoms with E-state index in [1.54, 1.807) is 0 Å². The highest BCUT2D eigenvalue weighted by Crippen LogP contribution is 2.22. The molecule has 0 radical (unpaired) electrons. The second-order valence-corrected chi connectivity index (χ2v) is 6.22. The first-order valence-corrected chi connectivity index (χ1v) is 8.00. The van der Waals surface area contributed by atoms with Gasteiger partial charge in [0.15, 0.2) is 0 Å². The summed E-state index contributed by atoms with van der Waals surface area (Å²) in [5.74, 6) is 0.0262. The maximum absolute atomic E-state index is 12.0. The molecule has 0 aromatic carbocycles. The smallest absolute Gasteiger partial charge is 0.249 e. The highest BCUT2D eigenvalue weighted by atomic mass is 35.5. The molecule has 2 heterocycles. The molecule has 1 amide bonds. The summed E-state index contributed by atoms with van der Waals surface area (Å²) >= 11 is 0. The minimum absolute atomic E-state index is 0. The second-order valence-electron chi connectivity index (χ2n) is 6.22. The molecule has 2 unspecified atom stereocenters. The standard InChI is InChI=1S/C15H29N3O2.2ClH/c1-11-4-3-5-12(2)18(11)9-8-17-15(19)14-7-6-13(10-16)20-14;;/h11-14H,3-10,16H2,1-2H3,(H,17,19);2*1H/t11?,12?,13-,14+;;/m1../s1. The van der Waals surface area contributed by atoms with Crippen molar-refractivity contribution in [1.29, 1.82) is 0 Å². The molecule has 3 N–H and O–H groups in total. The van der Waals surface area contributed by atoms with E-state index < -0.39 is 0 Å². The Bertz CT molecular complexity index is 324. The monoisotopic (exact) mass is 355 g/mol. The third-order valence-corrected chi connectivity index (χ3v) is 4.71. The van der Waals surface area contributed by atoms with E-state index >= 15 is 0 Å². The Morgan fingerprint density at radius 2 is 1.82 bits per heavy atom. The SMILES string of the molecule is CC1CCCC(C)N1CCNC(=O)[C@@H]1CC[C@H](CN)O1.Cl.Cl. The molecule has 0 aromatic rings. The van der Waals surface area contributed by atoms with Gasteiger partial charge in [0.25, 0.3) is 0 Å². The van der Waals surface area contributed by atoms with Crippen molar-refractivity contribution in [1.82, 2.24) is 10.2 Å². The van der Waals surface area contributed by atoms with Gasteiger partial charge in [-0.1, -0.05) is 6.42 Å². The highest BCUT2D eigenvalue weighted by molar-refractivity contribution is 5.85. The van der Waals surface area contributed by atoms with Crippen LogP contribution in [0.15, 0.2) is 0 Å². The van der Waals surface area contributed by atoms with E-state index in [0.29, 0.717) is 25.2 Å².